The fourth-order valence-corrected chi connectivity index (χ4v) is 3.24. The molecule has 0 aromatic heterocycles. The molecule has 1 rings (SSSR count). The maximum absolute atomic E-state index is 12.1. The number of carbonyl (C=O) groups excluding carboxylic acids is 1. The SMILES string of the molecule is C=C/C=C\C(=C/CC)C(=O)CSCCCCC1CCC1. The van der Waals surface area contributed by atoms with Crippen LogP contribution in [0.1, 0.15) is 51.9 Å². The van der Waals surface area contributed by atoms with E-state index in [9.17, 15) is 4.79 Å². The lowest BCUT2D eigenvalue weighted by molar-refractivity contribution is -0.112. The van der Waals surface area contributed by atoms with Gasteiger partial charge in [-0.2, -0.15) is 11.8 Å². The van der Waals surface area contributed by atoms with Gasteiger partial charge < -0.3 is 0 Å². The Labute approximate surface area is 128 Å². The number of ketones is 1. The van der Waals surface area contributed by atoms with Crippen LogP contribution in [0.2, 0.25) is 0 Å². The van der Waals surface area contributed by atoms with Gasteiger partial charge in [0, 0.05) is 5.57 Å². The minimum atomic E-state index is 0.244. The van der Waals surface area contributed by atoms with Crippen LogP contribution in [0, 0.1) is 5.92 Å². The molecule has 0 radical (unpaired) electrons. The van der Waals surface area contributed by atoms with E-state index in [1.807, 2.05) is 18.2 Å². The minimum absolute atomic E-state index is 0.244. The zero-order valence-corrected chi connectivity index (χ0v) is 13.6. The lowest BCUT2D eigenvalue weighted by Crippen LogP contribution is -2.10. The van der Waals surface area contributed by atoms with Crippen molar-refractivity contribution >= 4 is 17.5 Å². The van der Waals surface area contributed by atoms with E-state index in [1.54, 1.807) is 17.8 Å². The van der Waals surface area contributed by atoms with Gasteiger partial charge in [-0.15, -0.1) is 0 Å². The van der Waals surface area contributed by atoms with Crippen molar-refractivity contribution in [3.63, 3.8) is 0 Å². The first-order valence-corrected chi connectivity index (χ1v) is 9.03. The first kappa shape index (κ1) is 17.3. The summed E-state index contributed by atoms with van der Waals surface area (Å²) in [5.41, 5.74) is 0.828. The van der Waals surface area contributed by atoms with Crippen molar-refractivity contribution in [3.05, 3.63) is 36.5 Å². The zero-order valence-electron chi connectivity index (χ0n) is 12.8. The maximum Gasteiger partial charge on any atom is 0.172 e. The molecule has 1 aliphatic carbocycles. The fourth-order valence-electron chi connectivity index (χ4n) is 2.33. The Morgan fingerprint density at radius 2 is 2.15 bits per heavy atom. The minimum Gasteiger partial charge on any atom is -0.293 e. The summed E-state index contributed by atoms with van der Waals surface area (Å²) in [4.78, 5) is 12.1. The average Bonchev–Trinajstić information content (AvgIpc) is 2.40. The van der Waals surface area contributed by atoms with E-state index >= 15 is 0 Å². The van der Waals surface area contributed by atoms with Crippen molar-refractivity contribution in [1.82, 2.24) is 0 Å². The maximum atomic E-state index is 12.1. The molecule has 0 saturated heterocycles. The van der Waals surface area contributed by atoms with Gasteiger partial charge in [-0.3, -0.25) is 4.79 Å². The van der Waals surface area contributed by atoms with Crippen molar-refractivity contribution in [1.29, 1.82) is 0 Å². The summed E-state index contributed by atoms with van der Waals surface area (Å²) >= 11 is 1.78. The van der Waals surface area contributed by atoms with Crippen LogP contribution in [-0.4, -0.2) is 17.3 Å². The number of unbranched alkanes of at least 4 members (excludes halogenated alkanes) is 1. The molecule has 2 heteroatoms. The number of Topliss-reactive ketones (excluding diaryl/α,β-unsaturated/α-hetero) is 1. The summed E-state index contributed by atoms with van der Waals surface area (Å²) in [7, 11) is 0. The van der Waals surface area contributed by atoms with Gasteiger partial charge in [0.1, 0.15) is 0 Å². The third kappa shape index (κ3) is 7.14. The molecule has 0 aliphatic heterocycles. The van der Waals surface area contributed by atoms with E-state index in [4.69, 9.17) is 0 Å². The number of hydrogen-bond acceptors (Lipinski definition) is 2. The Balaban J connectivity index is 2.11. The fraction of sp³-hybridized carbons (Fsp3) is 0.611. The van der Waals surface area contributed by atoms with E-state index in [-0.39, 0.29) is 5.78 Å². The van der Waals surface area contributed by atoms with Gasteiger partial charge in [-0.05, 0) is 24.5 Å². The molecule has 1 aliphatic rings. The van der Waals surface area contributed by atoms with Gasteiger partial charge in [-0.1, -0.05) is 69.9 Å². The molecule has 0 atom stereocenters. The molecule has 0 amide bonds. The predicted molar refractivity (Wildman–Crippen MR) is 91.2 cm³/mol. The van der Waals surface area contributed by atoms with E-state index in [0.29, 0.717) is 5.75 Å². The molecule has 1 nitrogen and oxygen atoms in total. The quantitative estimate of drug-likeness (QED) is 0.290. The summed E-state index contributed by atoms with van der Waals surface area (Å²) in [6, 6.07) is 0. The summed E-state index contributed by atoms with van der Waals surface area (Å²) in [5, 5.41) is 0. The van der Waals surface area contributed by atoms with Crippen LogP contribution in [0.5, 0.6) is 0 Å². The highest BCUT2D eigenvalue weighted by atomic mass is 32.2. The number of hydrogen-bond donors (Lipinski definition) is 0. The molecule has 0 N–H and O–H groups in total. The van der Waals surface area contributed by atoms with Crippen molar-refractivity contribution in [2.45, 2.75) is 51.9 Å². The highest BCUT2D eigenvalue weighted by Crippen LogP contribution is 2.30. The smallest absolute Gasteiger partial charge is 0.172 e. The monoisotopic (exact) mass is 292 g/mol. The van der Waals surface area contributed by atoms with E-state index in [2.05, 4.69) is 13.5 Å². The van der Waals surface area contributed by atoms with Crippen LogP contribution < -0.4 is 0 Å². The van der Waals surface area contributed by atoms with Gasteiger partial charge >= 0.3 is 0 Å². The molecular weight excluding hydrogens is 264 g/mol. The Hall–Kier alpha value is -0.760. The average molecular weight is 292 g/mol. The molecule has 0 heterocycles. The summed E-state index contributed by atoms with van der Waals surface area (Å²) < 4.78 is 0. The number of thioether (sulfide) groups is 1. The van der Waals surface area contributed by atoms with Gasteiger partial charge in [0.05, 0.1) is 5.75 Å². The highest BCUT2D eigenvalue weighted by molar-refractivity contribution is 7.99. The van der Waals surface area contributed by atoms with Crippen molar-refractivity contribution in [2.75, 3.05) is 11.5 Å². The first-order chi connectivity index (χ1) is 9.77. The Kier molecular flexibility index (Phi) is 9.48. The second-order valence-corrected chi connectivity index (χ2v) is 6.54. The van der Waals surface area contributed by atoms with Crippen LogP contribution in [-0.2, 0) is 4.79 Å². The van der Waals surface area contributed by atoms with E-state index in [0.717, 1.165) is 23.7 Å². The van der Waals surface area contributed by atoms with Crippen LogP contribution in [0.4, 0.5) is 0 Å². The predicted octanol–water partition coefficient (Wildman–Crippen LogP) is 5.34. The largest absolute Gasteiger partial charge is 0.293 e. The number of carbonyl (C=O) groups is 1. The first-order valence-electron chi connectivity index (χ1n) is 7.88. The molecule has 0 unspecified atom stereocenters. The molecule has 112 valence electrons. The molecule has 0 aromatic carbocycles. The lowest BCUT2D eigenvalue weighted by atomic mass is 9.82. The van der Waals surface area contributed by atoms with Crippen LogP contribution in [0.3, 0.4) is 0 Å². The van der Waals surface area contributed by atoms with Crippen molar-refractivity contribution in [3.8, 4) is 0 Å². The van der Waals surface area contributed by atoms with Crippen LogP contribution in [0.25, 0.3) is 0 Å². The number of rotatable bonds is 11. The summed E-state index contributed by atoms with van der Waals surface area (Å²) in [6.07, 6.45) is 16.6. The summed E-state index contributed by atoms with van der Waals surface area (Å²) in [6.45, 7) is 5.70. The Bertz CT molecular complexity index is 350. The second kappa shape index (κ2) is 11.0. The molecule has 20 heavy (non-hydrogen) atoms. The van der Waals surface area contributed by atoms with Crippen molar-refractivity contribution < 1.29 is 4.79 Å². The Morgan fingerprint density at radius 1 is 1.35 bits per heavy atom. The van der Waals surface area contributed by atoms with Gasteiger partial charge in [0.2, 0.25) is 0 Å². The van der Waals surface area contributed by atoms with Crippen molar-refractivity contribution in [2.24, 2.45) is 5.92 Å². The second-order valence-electron chi connectivity index (χ2n) is 5.43. The van der Waals surface area contributed by atoms with Crippen LogP contribution >= 0.6 is 11.8 Å². The lowest BCUT2D eigenvalue weighted by Gasteiger charge is -2.24. The Morgan fingerprint density at radius 3 is 2.75 bits per heavy atom. The van der Waals surface area contributed by atoms with Gasteiger partial charge in [0.25, 0.3) is 0 Å². The normalized spacial score (nSPS) is 16.4. The molecule has 1 saturated carbocycles. The van der Waals surface area contributed by atoms with Crippen LogP contribution in [0.15, 0.2) is 36.5 Å². The van der Waals surface area contributed by atoms with E-state index in [1.165, 1.54) is 38.5 Å². The highest BCUT2D eigenvalue weighted by Gasteiger charge is 2.16. The number of allylic oxidation sites excluding steroid dienone is 5. The third-order valence-electron chi connectivity index (χ3n) is 3.77. The molecule has 0 bridgehead atoms. The molecule has 1 fully saturated rings. The van der Waals surface area contributed by atoms with Gasteiger partial charge in [0.15, 0.2) is 5.78 Å². The molecule has 0 spiro atoms. The van der Waals surface area contributed by atoms with Gasteiger partial charge in [-0.25, -0.2) is 0 Å². The standard InChI is InChI=1S/C18H28OS/c1-3-5-13-17(9-4-2)18(19)15-20-14-7-6-10-16-11-8-12-16/h3,5,9,13,16H,1,4,6-8,10-12,14-15H2,2H3/b13-5-,17-9+. The third-order valence-corrected chi connectivity index (χ3v) is 4.81. The molecule has 0 aromatic rings. The zero-order chi connectivity index (χ0) is 14.6. The van der Waals surface area contributed by atoms with E-state index < -0.39 is 0 Å². The summed E-state index contributed by atoms with van der Waals surface area (Å²) in [5.74, 6) is 2.98. The molecular formula is C18H28OS. The topological polar surface area (TPSA) is 17.1 Å².